The van der Waals surface area contributed by atoms with Crippen molar-refractivity contribution in [3.63, 3.8) is 0 Å². The highest BCUT2D eigenvalue weighted by atomic mass is 14.9. The molecule has 2 aromatic carbocycles. The fourth-order valence-electron chi connectivity index (χ4n) is 2.27. The van der Waals surface area contributed by atoms with Gasteiger partial charge in [0.05, 0.1) is 0 Å². The molecule has 0 aliphatic rings. The lowest BCUT2D eigenvalue weighted by atomic mass is 10.1. The van der Waals surface area contributed by atoms with Crippen LogP contribution >= 0.6 is 0 Å². The van der Waals surface area contributed by atoms with Crippen molar-refractivity contribution < 1.29 is 0 Å². The molecule has 0 fully saturated rings. The molecule has 22 heavy (non-hydrogen) atoms. The maximum atomic E-state index is 3.38. The predicted molar refractivity (Wildman–Crippen MR) is 97.7 cm³/mol. The van der Waals surface area contributed by atoms with Crippen LogP contribution in [0.5, 0.6) is 0 Å². The average Bonchev–Trinajstić information content (AvgIpc) is 2.56. The van der Waals surface area contributed by atoms with Crippen molar-refractivity contribution >= 4 is 17.1 Å². The van der Waals surface area contributed by atoms with Gasteiger partial charge in [0.25, 0.3) is 0 Å². The van der Waals surface area contributed by atoms with E-state index in [0.717, 1.165) is 23.5 Å². The molecule has 2 nitrogen and oxygen atoms in total. The van der Waals surface area contributed by atoms with Crippen molar-refractivity contribution in [3.8, 4) is 0 Å². The third kappa shape index (κ3) is 6.04. The Kier molecular flexibility index (Phi) is 7.10. The number of rotatable bonds is 9. The lowest BCUT2D eigenvalue weighted by molar-refractivity contribution is 0.674. The van der Waals surface area contributed by atoms with E-state index in [0.29, 0.717) is 0 Å². The van der Waals surface area contributed by atoms with Gasteiger partial charge in [0, 0.05) is 17.1 Å². The highest BCUT2D eigenvalue weighted by Gasteiger charge is 1.94. The van der Waals surface area contributed by atoms with Gasteiger partial charge in [-0.3, -0.25) is 0 Å². The first-order chi connectivity index (χ1) is 10.9. The molecule has 2 heteroatoms. The molecule has 2 rings (SSSR count). The number of allylic oxidation sites excluding steroid dienone is 1. The minimum absolute atomic E-state index is 1.10. The second kappa shape index (κ2) is 9.67. The van der Waals surface area contributed by atoms with Gasteiger partial charge in [-0.1, -0.05) is 50.5 Å². The van der Waals surface area contributed by atoms with Crippen LogP contribution in [0.3, 0.4) is 0 Å². The molecule has 0 aromatic heterocycles. The minimum Gasteiger partial charge on any atom is -0.362 e. The molecular weight excluding hydrogens is 268 g/mol. The standard InChI is InChI=1S/C20H26N2/c1-2-3-4-5-6-10-17-21-18-13-15-20(16-14-18)22-19-11-8-7-9-12-19/h7-17,21-22H,2-6H2,1H3. The molecular formula is C20H26N2. The van der Waals surface area contributed by atoms with Crippen LogP contribution in [-0.2, 0) is 0 Å². The Balaban J connectivity index is 1.74. The Morgan fingerprint density at radius 2 is 1.45 bits per heavy atom. The van der Waals surface area contributed by atoms with Crippen molar-refractivity contribution in [1.82, 2.24) is 0 Å². The first-order valence-electron chi connectivity index (χ1n) is 8.22. The van der Waals surface area contributed by atoms with E-state index in [1.165, 1.54) is 25.7 Å². The first kappa shape index (κ1) is 16.2. The fraction of sp³-hybridized carbons (Fsp3) is 0.300. The Morgan fingerprint density at radius 1 is 0.773 bits per heavy atom. The molecule has 0 bridgehead atoms. The molecule has 0 radical (unpaired) electrons. The molecule has 0 aliphatic carbocycles. The average molecular weight is 294 g/mol. The van der Waals surface area contributed by atoms with Crippen molar-refractivity contribution in [2.45, 2.75) is 39.0 Å². The van der Waals surface area contributed by atoms with E-state index in [9.17, 15) is 0 Å². The van der Waals surface area contributed by atoms with E-state index >= 15 is 0 Å². The first-order valence-corrected chi connectivity index (χ1v) is 8.22. The number of hydrogen-bond acceptors (Lipinski definition) is 2. The summed E-state index contributed by atoms with van der Waals surface area (Å²) in [5.41, 5.74) is 3.32. The highest BCUT2D eigenvalue weighted by Crippen LogP contribution is 2.18. The summed E-state index contributed by atoms with van der Waals surface area (Å²) >= 11 is 0. The van der Waals surface area contributed by atoms with Crippen LogP contribution in [-0.4, -0.2) is 0 Å². The zero-order valence-electron chi connectivity index (χ0n) is 13.4. The Labute approximate surface area is 134 Å². The van der Waals surface area contributed by atoms with Crippen LogP contribution in [0.2, 0.25) is 0 Å². The van der Waals surface area contributed by atoms with E-state index < -0.39 is 0 Å². The second-order valence-electron chi connectivity index (χ2n) is 5.46. The summed E-state index contributed by atoms with van der Waals surface area (Å²) in [6, 6.07) is 18.6. The maximum Gasteiger partial charge on any atom is 0.0385 e. The zero-order chi connectivity index (χ0) is 15.5. The van der Waals surface area contributed by atoms with Crippen LogP contribution in [0, 0.1) is 0 Å². The quantitative estimate of drug-likeness (QED) is 0.528. The number of unbranched alkanes of at least 4 members (excludes halogenated alkanes) is 4. The van der Waals surface area contributed by atoms with E-state index in [-0.39, 0.29) is 0 Å². The number of benzene rings is 2. The van der Waals surface area contributed by atoms with Crippen molar-refractivity contribution in [2.75, 3.05) is 10.6 Å². The third-order valence-electron chi connectivity index (χ3n) is 3.54. The van der Waals surface area contributed by atoms with Crippen molar-refractivity contribution in [1.29, 1.82) is 0 Å². The maximum absolute atomic E-state index is 3.38. The molecule has 2 N–H and O–H groups in total. The van der Waals surface area contributed by atoms with E-state index in [1.54, 1.807) is 0 Å². The third-order valence-corrected chi connectivity index (χ3v) is 3.54. The number of nitrogens with one attached hydrogen (secondary N) is 2. The molecule has 2 aromatic rings. The summed E-state index contributed by atoms with van der Waals surface area (Å²) in [4.78, 5) is 0. The monoisotopic (exact) mass is 294 g/mol. The van der Waals surface area contributed by atoms with E-state index in [1.807, 2.05) is 24.4 Å². The Hall–Kier alpha value is -2.22. The molecule has 0 aliphatic heterocycles. The van der Waals surface area contributed by atoms with Gasteiger partial charge in [-0.05, 0) is 55.4 Å². The van der Waals surface area contributed by atoms with Crippen LogP contribution < -0.4 is 10.6 Å². The summed E-state index contributed by atoms with van der Waals surface area (Å²) in [5, 5.41) is 6.70. The summed E-state index contributed by atoms with van der Waals surface area (Å²) < 4.78 is 0. The van der Waals surface area contributed by atoms with Crippen LogP contribution in [0.25, 0.3) is 0 Å². The summed E-state index contributed by atoms with van der Waals surface area (Å²) in [6.45, 7) is 2.24. The second-order valence-corrected chi connectivity index (χ2v) is 5.46. The normalized spacial score (nSPS) is 10.8. The van der Waals surface area contributed by atoms with Gasteiger partial charge in [-0.15, -0.1) is 0 Å². The topological polar surface area (TPSA) is 24.1 Å². The van der Waals surface area contributed by atoms with Gasteiger partial charge in [0.15, 0.2) is 0 Å². The van der Waals surface area contributed by atoms with Gasteiger partial charge in [0.2, 0.25) is 0 Å². The number of hydrogen-bond donors (Lipinski definition) is 2. The SMILES string of the molecule is CCCCCCC=CNc1ccc(Nc2ccccc2)cc1. The zero-order valence-corrected chi connectivity index (χ0v) is 13.4. The van der Waals surface area contributed by atoms with Crippen molar-refractivity contribution in [2.24, 2.45) is 0 Å². The lowest BCUT2D eigenvalue weighted by Gasteiger charge is -2.07. The summed E-state index contributed by atoms with van der Waals surface area (Å²) in [7, 11) is 0. The lowest BCUT2D eigenvalue weighted by Crippen LogP contribution is -1.91. The van der Waals surface area contributed by atoms with Gasteiger partial charge in [0.1, 0.15) is 0 Å². The highest BCUT2D eigenvalue weighted by molar-refractivity contribution is 5.62. The molecule has 0 saturated heterocycles. The summed E-state index contributed by atoms with van der Waals surface area (Å²) in [6.07, 6.45) is 10.7. The van der Waals surface area contributed by atoms with E-state index in [4.69, 9.17) is 0 Å². The Bertz CT molecular complexity index is 544. The predicted octanol–water partition coefficient (Wildman–Crippen LogP) is 6.33. The molecule has 0 amide bonds. The smallest absolute Gasteiger partial charge is 0.0385 e. The van der Waals surface area contributed by atoms with Gasteiger partial charge in [-0.2, -0.15) is 0 Å². The summed E-state index contributed by atoms with van der Waals surface area (Å²) in [5.74, 6) is 0. The fourth-order valence-corrected chi connectivity index (χ4v) is 2.27. The molecule has 0 atom stereocenters. The largest absolute Gasteiger partial charge is 0.362 e. The Morgan fingerprint density at radius 3 is 2.18 bits per heavy atom. The minimum atomic E-state index is 1.10. The van der Waals surface area contributed by atoms with Crippen LogP contribution in [0.1, 0.15) is 39.0 Å². The molecule has 0 saturated carbocycles. The van der Waals surface area contributed by atoms with Crippen LogP contribution in [0.4, 0.5) is 17.1 Å². The van der Waals surface area contributed by atoms with Gasteiger partial charge in [-0.25, -0.2) is 0 Å². The van der Waals surface area contributed by atoms with E-state index in [2.05, 4.69) is 60.0 Å². The molecule has 0 spiro atoms. The molecule has 0 unspecified atom stereocenters. The van der Waals surface area contributed by atoms with Gasteiger partial charge >= 0.3 is 0 Å². The van der Waals surface area contributed by atoms with Crippen molar-refractivity contribution in [3.05, 3.63) is 66.9 Å². The number of anilines is 3. The van der Waals surface area contributed by atoms with Gasteiger partial charge < -0.3 is 10.6 Å². The van der Waals surface area contributed by atoms with Crippen LogP contribution in [0.15, 0.2) is 66.9 Å². The molecule has 0 heterocycles. The number of para-hydroxylation sites is 1. The molecule has 116 valence electrons.